The molecule has 404 valence electrons. The molecule has 0 fully saturated rings. The van der Waals surface area contributed by atoms with Crippen LogP contribution in [0.15, 0.2) is 315 Å². The summed E-state index contributed by atoms with van der Waals surface area (Å²) in [5.41, 5.74) is 17.3. The number of hydrogen-bond acceptors (Lipinski definition) is 7. The van der Waals surface area contributed by atoms with Gasteiger partial charge >= 0.3 is 0 Å². The van der Waals surface area contributed by atoms with E-state index >= 15 is 0 Å². The molecule has 0 radical (unpaired) electrons. The minimum Gasteiger partial charge on any atom is -0.208 e. The van der Waals surface area contributed by atoms with Crippen molar-refractivity contribution in [2.45, 2.75) is 5.41 Å². The maximum Gasteiger partial charge on any atom is 0.164 e. The van der Waals surface area contributed by atoms with Gasteiger partial charge in [0.05, 0.1) is 5.41 Å². The third-order valence-electron chi connectivity index (χ3n) is 16.2. The highest BCUT2D eigenvalue weighted by molar-refractivity contribution is 7.26. The quantitative estimate of drug-likeness (QED) is 0.136. The summed E-state index contributed by atoms with van der Waals surface area (Å²) in [7, 11) is 0. The zero-order valence-corrected chi connectivity index (χ0v) is 47.4. The summed E-state index contributed by atoms with van der Waals surface area (Å²) >= 11 is 1.85. The second kappa shape index (κ2) is 22.6. The summed E-state index contributed by atoms with van der Waals surface area (Å²) in [6.45, 7) is 0. The Hall–Kier alpha value is -11.1. The highest BCUT2D eigenvalue weighted by atomic mass is 32.1. The fourth-order valence-electron chi connectivity index (χ4n) is 12.2. The molecule has 3 aromatic heterocycles. The lowest BCUT2D eigenvalue weighted by molar-refractivity contribution is 0.768. The van der Waals surface area contributed by atoms with Crippen LogP contribution in [0.1, 0.15) is 22.3 Å². The van der Waals surface area contributed by atoms with Gasteiger partial charge in [-0.2, -0.15) is 0 Å². The SMILES string of the molecule is c1ccc(-c2ccc(-c3nc(-c4ccccc4)nc(-c4cccc5c4-c4ccccc4C5(c4ccccc4)c4ccccc4)n3)cc2)cc1.c1ccc(-c2nc(-c3ccccc3)nc(-c3ccc(-c4cccc5c4sc4ccccc45)cc3)n2)cc1. The number of nitrogens with zero attached hydrogens (tertiary/aromatic N) is 6. The smallest absolute Gasteiger partial charge is 0.164 e. The minimum absolute atomic E-state index is 0.504. The Balaban J connectivity index is 0.000000151. The van der Waals surface area contributed by atoms with E-state index in [0.717, 1.165) is 44.5 Å². The highest BCUT2D eigenvalue weighted by Crippen LogP contribution is 2.58. The van der Waals surface area contributed by atoms with E-state index in [1.54, 1.807) is 0 Å². The van der Waals surface area contributed by atoms with E-state index in [-0.39, 0.29) is 0 Å². The lowest BCUT2D eigenvalue weighted by Crippen LogP contribution is -2.28. The van der Waals surface area contributed by atoms with E-state index in [9.17, 15) is 0 Å². The standard InChI is InChI=1S/C46H31N3.C33H21N3S/c1-5-16-32(17-6-1)33-28-30-35(31-29-33)44-47-43(34-18-7-2-8-19-34)48-45(49-44)39-25-15-27-41-42(39)38-24-13-14-26-40(38)46(41,36-20-9-3-10-21-36)37-22-11-4-12-23-37;1-3-10-23(11-4-1)31-34-32(24-12-5-2-6-13-24)36-33(35-31)25-20-18-22(19-21-25)26-15-9-16-28-27-14-7-8-17-29(27)37-30(26)28/h1-31H;1-21H. The van der Waals surface area contributed by atoms with Crippen LogP contribution < -0.4 is 0 Å². The summed E-state index contributed by atoms with van der Waals surface area (Å²) in [5, 5.41) is 2.62. The van der Waals surface area contributed by atoms with Gasteiger partial charge in [0.2, 0.25) is 0 Å². The van der Waals surface area contributed by atoms with Crippen LogP contribution in [0.5, 0.6) is 0 Å². The molecular formula is C79H52N6S. The van der Waals surface area contributed by atoms with Crippen molar-refractivity contribution in [3.63, 3.8) is 0 Å². The van der Waals surface area contributed by atoms with Crippen LogP contribution in [-0.2, 0) is 5.41 Å². The van der Waals surface area contributed by atoms with Crippen LogP contribution in [0, 0.1) is 0 Å². The fraction of sp³-hybridized carbons (Fsp3) is 0.0127. The lowest BCUT2D eigenvalue weighted by Gasteiger charge is -2.33. The molecule has 6 nitrogen and oxygen atoms in total. The van der Waals surface area contributed by atoms with Crippen LogP contribution in [-0.4, -0.2) is 29.9 Å². The van der Waals surface area contributed by atoms with E-state index in [4.69, 9.17) is 29.9 Å². The number of fused-ring (bicyclic) bond motifs is 6. The van der Waals surface area contributed by atoms with Gasteiger partial charge in [-0.25, -0.2) is 29.9 Å². The van der Waals surface area contributed by atoms with E-state index in [1.165, 1.54) is 64.7 Å². The van der Waals surface area contributed by atoms with Gasteiger partial charge in [-0.05, 0) is 61.7 Å². The highest BCUT2D eigenvalue weighted by Gasteiger charge is 2.47. The van der Waals surface area contributed by atoms with Gasteiger partial charge in [-0.15, -0.1) is 11.3 Å². The first kappa shape index (κ1) is 51.7. The summed E-state index contributed by atoms with van der Waals surface area (Å²) in [5.74, 6) is 3.95. The second-order valence-corrected chi connectivity index (χ2v) is 22.3. The van der Waals surface area contributed by atoms with Crippen molar-refractivity contribution in [3.05, 3.63) is 338 Å². The van der Waals surface area contributed by atoms with Crippen LogP contribution in [0.2, 0.25) is 0 Å². The molecule has 1 aliphatic carbocycles. The Bertz CT molecular complexity index is 4790. The van der Waals surface area contributed by atoms with Crippen LogP contribution >= 0.6 is 11.3 Å². The molecule has 0 saturated carbocycles. The number of thiophene rings is 1. The molecule has 1 aliphatic rings. The monoisotopic (exact) mass is 1120 g/mol. The average molecular weight is 1120 g/mol. The number of rotatable bonds is 10. The van der Waals surface area contributed by atoms with Gasteiger partial charge in [0, 0.05) is 53.6 Å². The number of hydrogen-bond donors (Lipinski definition) is 0. The van der Waals surface area contributed by atoms with Crippen molar-refractivity contribution >= 4 is 31.5 Å². The molecule has 0 atom stereocenters. The maximum atomic E-state index is 5.22. The summed E-state index contributed by atoms with van der Waals surface area (Å²) in [4.78, 5) is 30.0. The largest absolute Gasteiger partial charge is 0.208 e. The summed E-state index contributed by atoms with van der Waals surface area (Å²) < 4.78 is 2.63. The molecule has 0 spiro atoms. The summed E-state index contributed by atoms with van der Waals surface area (Å²) in [6.07, 6.45) is 0. The first-order chi connectivity index (χ1) is 42.6. The Labute approximate surface area is 503 Å². The molecule has 86 heavy (non-hydrogen) atoms. The molecule has 16 rings (SSSR count). The minimum atomic E-state index is -0.504. The number of benzene rings is 12. The van der Waals surface area contributed by atoms with Crippen molar-refractivity contribution in [2.24, 2.45) is 0 Å². The van der Waals surface area contributed by atoms with Crippen molar-refractivity contribution in [2.75, 3.05) is 0 Å². The third-order valence-corrected chi connectivity index (χ3v) is 17.4. The predicted molar refractivity (Wildman–Crippen MR) is 353 cm³/mol. The predicted octanol–water partition coefficient (Wildman–Crippen LogP) is 19.8. The first-order valence-electron chi connectivity index (χ1n) is 28.8. The Kier molecular flexibility index (Phi) is 13.6. The van der Waals surface area contributed by atoms with Gasteiger partial charge in [0.1, 0.15) is 0 Å². The molecule has 0 N–H and O–H groups in total. The van der Waals surface area contributed by atoms with Gasteiger partial charge in [0.15, 0.2) is 34.9 Å². The van der Waals surface area contributed by atoms with Gasteiger partial charge in [-0.1, -0.05) is 309 Å². The normalized spacial score (nSPS) is 12.0. The molecule has 0 aliphatic heterocycles. The molecule has 15 aromatic rings. The Morgan fingerprint density at radius 2 is 0.558 bits per heavy atom. The third kappa shape index (κ3) is 9.52. The molecule has 0 amide bonds. The zero-order valence-electron chi connectivity index (χ0n) is 46.6. The first-order valence-corrected chi connectivity index (χ1v) is 29.7. The number of aromatic nitrogens is 6. The van der Waals surface area contributed by atoms with Crippen molar-refractivity contribution in [3.8, 4) is 102 Å². The van der Waals surface area contributed by atoms with Crippen LogP contribution in [0.4, 0.5) is 0 Å². The molecule has 12 aromatic carbocycles. The second-order valence-electron chi connectivity index (χ2n) is 21.3. The van der Waals surface area contributed by atoms with E-state index < -0.39 is 5.41 Å². The molecular weight excluding hydrogens is 1060 g/mol. The van der Waals surface area contributed by atoms with Crippen molar-refractivity contribution in [1.29, 1.82) is 0 Å². The molecule has 0 bridgehead atoms. The molecule has 0 saturated heterocycles. The average Bonchev–Trinajstić information content (AvgIpc) is 1.59. The van der Waals surface area contributed by atoms with Crippen LogP contribution in [0.3, 0.4) is 0 Å². The van der Waals surface area contributed by atoms with E-state index in [1.807, 2.05) is 96.3 Å². The van der Waals surface area contributed by atoms with E-state index in [0.29, 0.717) is 34.9 Å². The van der Waals surface area contributed by atoms with Gasteiger partial charge < -0.3 is 0 Å². The lowest BCUT2D eigenvalue weighted by atomic mass is 9.67. The zero-order chi connectivity index (χ0) is 57.2. The molecule has 0 unspecified atom stereocenters. The Morgan fingerprint density at radius 1 is 0.221 bits per heavy atom. The van der Waals surface area contributed by atoms with Crippen molar-refractivity contribution < 1.29 is 0 Å². The van der Waals surface area contributed by atoms with E-state index in [2.05, 4.69) is 231 Å². The molecule has 3 heterocycles. The maximum absolute atomic E-state index is 5.22. The fourth-order valence-corrected chi connectivity index (χ4v) is 13.4. The van der Waals surface area contributed by atoms with Crippen LogP contribution in [0.25, 0.3) is 122 Å². The Morgan fingerprint density at radius 3 is 1.08 bits per heavy atom. The topological polar surface area (TPSA) is 77.3 Å². The van der Waals surface area contributed by atoms with Gasteiger partial charge in [-0.3, -0.25) is 0 Å². The summed E-state index contributed by atoms with van der Waals surface area (Å²) in [6, 6.07) is 110. The molecule has 7 heteroatoms. The van der Waals surface area contributed by atoms with Gasteiger partial charge in [0.25, 0.3) is 0 Å². The van der Waals surface area contributed by atoms with Crippen molar-refractivity contribution in [1.82, 2.24) is 29.9 Å².